The van der Waals surface area contributed by atoms with E-state index in [0.717, 1.165) is 17.8 Å². The van der Waals surface area contributed by atoms with E-state index in [1.807, 2.05) is 0 Å². The van der Waals surface area contributed by atoms with Crippen molar-refractivity contribution in [3.8, 4) is 0 Å². The van der Waals surface area contributed by atoms with Crippen LogP contribution < -0.4 is 0 Å². The SMILES string of the molecule is CC(C)CCCCN1CCC(CN(C)CC(C)C)CC1. The van der Waals surface area contributed by atoms with Crippen LogP contribution in [0.25, 0.3) is 0 Å². The summed E-state index contributed by atoms with van der Waals surface area (Å²) in [7, 11) is 2.29. The molecule has 0 atom stereocenters. The van der Waals surface area contributed by atoms with Gasteiger partial charge in [0.05, 0.1) is 0 Å². The summed E-state index contributed by atoms with van der Waals surface area (Å²) in [5, 5.41) is 0. The van der Waals surface area contributed by atoms with Gasteiger partial charge in [-0.1, -0.05) is 40.5 Å². The average molecular weight is 283 g/mol. The summed E-state index contributed by atoms with van der Waals surface area (Å²) in [5.74, 6) is 2.60. The number of unbranched alkanes of at least 4 members (excludes halogenated alkanes) is 1. The van der Waals surface area contributed by atoms with Gasteiger partial charge in [-0.05, 0) is 63.7 Å². The maximum atomic E-state index is 2.69. The van der Waals surface area contributed by atoms with Gasteiger partial charge in [-0.25, -0.2) is 0 Å². The highest BCUT2D eigenvalue weighted by Crippen LogP contribution is 2.19. The molecule has 2 heteroatoms. The second kappa shape index (κ2) is 9.78. The van der Waals surface area contributed by atoms with Crippen molar-refractivity contribution in [3.63, 3.8) is 0 Å². The summed E-state index contributed by atoms with van der Waals surface area (Å²) >= 11 is 0. The fourth-order valence-electron chi connectivity index (χ4n) is 3.42. The molecule has 2 nitrogen and oxygen atoms in total. The molecule has 0 aromatic carbocycles. The highest BCUT2D eigenvalue weighted by atomic mass is 15.1. The van der Waals surface area contributed by atoms with Crippen LogP contribution in [0.5, 0.6) is 0 Å². The summed E-state index contributed by atoms with van der Waals surface area (Å²) in [6.45, 7) is 15.9. The molecule has 1 aliphatic rings. The number of hydrogen-bond donors (Lipinski definition) is 0. The topological polar surface area (TPSA) is 6.48 Å². The predicted molar refractivity (Wildman–Crippen MR) is 90.2 cm³/mol. The molecule has 0 aromatic rings. The van der Waals surface area contributed by atoms with E-state index in [1.165, 1.54) is 64.8 Å². The van der Waals surface area contributed by atoms with Crippen molar-refractivity contribution < 1.29 is 0 Å². The van der Waals surface area contributed by atoms with Crippen molar-refractivity contribution in [1.29, 1.82) is 0 Å². The molecule has 20 heavy (non-hydrogen) atoms. The Bertz CT molecular complexity index is 230. The van der Waals surface area contributed by atoms with Gasteiger partial charge < -0.3 is 9.80 Å². The fourth-order valence-corrected chi connectivity index (χ4v) is 3.42. The maximum absolute atomic E-state index is 2.69. The molecule has 1 fully saturated rings. The van der Waals surface area contributed by atoms with Crippen LogP contribution in [0.4, 0.5) is 0 Å². The lowest BCUT2D eigenvalue weighted by molar-refractivity contribution is 0.147. The highest BCUT2D eigenvalue weighted by molar-refractivity contribution is 4.74. The van der Waals surface area contributed by atoms with Gasteiger partial charge in [0.2, 0.25) is 0 Å². The van der Waals surface area contributed by atoms with Gasteiger partial charge in [0.25, 0.3) is 0 Å². The van der Waals surface area contributed by atoms with Crippen LogP contribution in [0, 0.1) is 17.8 Å². The normalized spacial score (nSPS) is 18.6. The molecule has 0 aromatic heterocycles. The predicted octanol–water partition coefficient (Wildman–Crippen LogP) is 4.11. The van der Waals surface area contributed by atoms with Crippen molar-refractivity contribution in [2.24, 2.45) is 17.8 Å². The number of nitrogens with zero attached hydrogens (tertiary/aromatic N) is 2. The van der Waals surface area contributed by atoms with Crippen LogP contribution in [0.1, 0.15) is 59.8 Å². The number of rotatable bonds is 9. The van der Waals surface area contributed by atoms with E-state index >= 15 is 0 Å². The minimum atomic E-state index is 0.793. The minimum Gasteiger partial charge on any atom is -0.306 e. The first-order chi connectivity index (χ1) is 9.47. The average Bonchev–Trinajstić information content (AvgIpc) is 2.35. The molecule has 0 aliphatic carbocycles. The molecule has 1 heterocycles. The fraction of sp³-hybridized carbons (Fsp3) is 1.00. The summed E-state index contributed by atoms with van der Waals surface area (Å²) < 4.78 is 0. The van der Waals surface area contributed by atoms with Crippen molar-refractivity contribution in [2.45, 2.75) is 59.8 Å². The lowest BCUT2D eigenvalue weighted by Gasteiger charge is -2.34. The van der Waals surface area contributed by atoms with E-state index in [1.54, 1.807) is 0 Å². The van der Waals surface area contributed by atoms with Gasteiger partial charge in [-0.15, -0.1) is 0 Å². The van der Waals surface area contributed by atoms with Crippen molar-refractivity contribution in [1.82, 2.24) is 9.80 Å². The van der Waals surface area contributed by atoms with E-state index < -0.39 is 0 Å². The third-order valence-electron chi connectivity index (χ3n) is 4.46. The van der Waals surface area contributed by atoms with Crippen LogP contribution in [-0.4, -0.2) is 49.6 Å². The Morgan fingerprint density at radius 2 is 1.65 bits per heavy atom. The van der Waals surface area contributed by atoms with Gasteiger partial charge in [0.15, 0.2) is 0 Å². The summed E-state index contributed by atoms with van der Waals surface area (Å²) in [4.78, 5) is 5.23. The van der Waals surface area contributed by atoms with Gasteiger partial charge in [-0.2, -0.15) is 0 Å². The van der Waals surface area contributed by atoms with Gasteiger partial charge >= 0.3 is 0 Å². The quantitative estimate of drug-likeness (QED) is 0.587. The van der Waals surface area contributed by atoms with E-state index in [2.05, 4.69) is 44.5 Å². The second-order valence-corrected chi connectivity index (χ2v) is 7.79. The van der Waals surface area contributed by atoms with Crippen molar-refractivity contribution in [2.75, 3.05) is 39.8 Å². The van der Waals surface area contributed by atoms with Crippen molar-refractivity contribution in [3.05, 3.63) is 0 Å². The molecule has 0 unspecified atom stereocenters. The first kappa shape index (κ1) is 18.0. The molecule has 1 aliphatic heterocycles. The Kier molecular flexibility index (Phi) is 8.79. The molecule has 0 N–H and O–H groups in total. The molecular formula is C18H38N2. The highest BCUT2D eigenvalue weighted by Gasteiger charge is 2.20. The van der Waals surface area contributed by atoms with E-state index in [0.29, 0.717) is 0 Å². The molecule has 0 radical (unpaired) electrons. The Balaban J connectivity index is 2.07. The molecule has 0 bridgehead atoms. The van der Waals surface area contributed by atoms with Gasteiger partial charge in [0, 0.05) is 13.1 Å². The largest absolute Gasteiger partial charge is 0.306 e. The van der Waals surface area contributed by atoms with Crippen LogP contribution in [0.15, 0.2) is 0 Å². The zero-order chi connectivity index (χ0) is 15.0. The molecule has 0 spiro atoms. The smallest absolute Gasteiger partial charge is 0.000767 e. The molecule has 0 saturated carbocycles. The molecule has 120 valence electrons. The Morgan fingerprint density at radius 3 is 2.20 bits per heavy atom. The maximum Gasteiger partial charge on any atom is 0.000767 e. The third-order valence-corrected chi connectivity index (χ3v) is 4.46. The number of hydrogen-bond acceptors (Lipinski definition) is 2. The van der Waals surface area contributed by atoms with Gasteiger partial charge in [-0.3, -0.25) is 0 Å². The zero-order valence-electron chi connectivity index (χ0n) is 14.7. The lowest BCUT2D eigenvalue weighted by atomic mass is 9.95. The Labute approximate surface area is 127 Å². The molecule has 0 amide bonds. The molecule has 1 saturated heterocycles. The van der Waals surface area contributed by atoms with E-state index in [4.69, 9.17) is 0 Å². The van der Waals surface area contributed by atoms with Gasteiger partial charge in [0.1, 0.15) is 0 Å². The summed E-state index contributed by atoms with van der Waals surface area (Å²) in [6, 6.07) is 0. The molecular weight excluding hydrogens is 244 g/mol. The van der Waals surface area contributed by atoms with Crippen LogP contribution in [-0.2, 0) is 0 Å². The summed E-state index contributed by atoms with van der Waals surface area (Å²) in [5.41, 5.74) is 0. The first-order valence-electron chi connectivity index (χ1n) is 8.88. The Hall–Kier alpha value is -0.0800. The zero-order valence-corrected chi connectivity index (χ0v) is 14.7. The monoisotopic (exact) mass is 282 g/mol. The van der Waals surface area contributed by atoms with Crippen LogP contribution in [0.2, 0.25) is 0 Å². The van der Waals surface area contributed by atoms with E-state index in [9.17, 15) is 0 Å². The Morgan fingerprint density at radius 1 is 1.00 bits per heavy atom. The molecule has 1 rings (SSSR count). The third kappa shape index (κ3) is 8.26. The summed E-state index contributed by atoms with van der Waals surface area (Å²) in [6.07, 6.45) is 7.03. The lowest BCUT2D eigenvalue weighted by Crippen LogP contribution is -2.38. The number of likely N-dealkylation sites (tertiary alicyclic amines) is 1. The first-order valence-corrected chi connectivity index (χ1v) is 8.88. The van der Waals surface area contributed by atoms with Crippen molar-refractivity contribution >= 4 is 0 Å². The van der Waals surface area contributed by atoms with E-state index in [-0.39, 0.29) is 0 Å². The standard InChI is InChI=1S/C18H38N2/c1-16(2)8-6-7-11-20-12-9-18(10-13-20)15-19(5)14-17(3)4/h16-18H,6-15H2,1-5H3. The van der Waals surface area contributed by atoms with Crippen LogP contribution in [0.3, 0.4) is 0 Å². The second-order valence-electron chi connectivity index (χ2n) is 7.79. The number of piperidine rings is 1. The van der Waals surface area contributed by atoms with Crippen LogP contribution >= 0.6 is 0 Å². The minimum absolute atomic E-state index is 0.793.